The van der Waals surface area contributed by atoms with Crippen LogP contribution >= 0.6 is 22.6 Å². The predicted molar refractivity (Wildman–Crippen MR) is 126 cm³/mol. The Labute approximate surface area is 201 Å². The van der Waals surface area contributed by atoms with Gasteiger partial charge in [0, 0.05) is 16.3 Å². The third-order valence-electron chi connectivity index (χ3n) is 5.40. The lowest BCUT2D eigenvalue weighted by Gasteiger charge is -2.28. The van der Waals surface area contributed by atoms with Crippen LogP contribution in [0.2, 0.25) is 0 Å². The number of benzene rings is 1. The zero-order valence-electron chi connectivity index (χ0n) is 18.8. The Morgan fingerprint density at radius 1 is 1.03 bits per heavy atom. The van der Waals surface area contributed by atoms with Gasteiger partial charge < -0.3 is 9.47 Å². The normalized spacial score (nSPS) is 19.3. The molecule has 2 heterocycles. The Morgan fingerprint density at radius 2 is 1.72 bits per heavy atom. The third-order valence-corrected chi connectivity index (χ3v) is 7.46. The second kappa shape index (κ2) is 9.46. The molecule has 0 aliphatic carbocycles. The van der Waals surface area contributed by atoms with E-state index in [9.17, 15) is 19.2 Å². The molecule has 9 heteroatoms. The van der Waals surface area contributed by atoms with E-state index in [4.69, 9.17) is 9.47 Å². The minimum atomic E-state index is -1.00. The van der Waals surface area contributed by atoms with Crippen molar-refractivity contribution < 1.29 is 28.7 Å². The number of carbonyl (C=O) groups is 4. The van der Waals surface area contributed by atoms with Crippen molar-refractivity contribution in [3.63, 3.8) is 0 Å². The maximum absolute atomic E-state index is 13.1. The number of alkyl halides is 1. The SMILES string of the molecule is CC(C)(CI)COCC(C)(C)COc1cccc2c1C(=O)N(C1CCC(=O)NC1=O)C2=O. The van der Waals surface area contributed by atoms with Crippen molar-refractivity contribution in [2.75, 3.05) is 24.2 Å². The van der Waals surface area contributed by atoms with E-state index in [1.807, 2.05) is 13.8 Å². The monoisotopic (exact) mass is 556 g/mol. The molecule has 4 amide bonds. The van der Waals surface area contributed by atoms with Crippen molar-refractivity contribution in [3.05, 3.63) is 29.3 Å². The van der Waals surface area contributed by atoms with E-state index in [0.717, 1.165) is 9.33 Å². The highest BCUT2D eigenvalue weighted by atomic mass is 127. The van der Waals surface area contributed by atoms with Gasteiger partial charge in [-0.15, -0.1) is 0 Å². The van der Waals surface area contributed by atoms with Crippen LogP contribution < -0.4 is 10.1 Å². The number of halogens is 1. The Kier molecular flexibility index (Phi) is 7.28. The number of rotatable bonds is 9. The predicted octanol–water partition coefficient (Wildman–Crippen LogP) is 2.97. The quantitative estimate of drug-likeness (QED) is 0.285. The van der Waals surface area contributed by atoms with Gasteiger partial charge in [-0.05, 0) is 24.0 Å². The summed E-state index contributed by atoms with van der Waals surface area (Å²) >= 11 is 2.35. The van der Waals surface area contributed by atoms with Gasteiger partial charge >= 0.3 is 0 Å². The Hall–Kier alpha value is -2.01. The number of imide groups is 2. The molecule has 1 N–H and O–H groups in total. The zero-order chi connectivity index (χ0) is 23.7. The molecule has 1 fully saturated rings. The average Bonchev–Trinajstić information content (AvgIpc) is 2.97. The van der Waals surface area contributed by atoms with E-state index in [0.29, 0.717) is 19.0 Å². The maximum atomic E-state index is 13.1. The molecule has 0 aromatic heterocycles. The Morgan fingerprint density at radius 3 is 2.38 bits per heavy atom. The van der Waals surface area contributed by atoms with Crippen LogP contribution in [-0.4, -0.2) is 58.8 Å². The van der Waals surface area contributed by atoms with Crippen LogP contribution in [0.15, 0.2) is 18.2 Å². The number of fused-ring (bicyclic) bond motifs is 1. The molecule has 1 aromatic rings. The summed E-state index contributed by atoms with van der Waals surface area (Å²) in [6.45, 7) is 9.71. The molecule has 8 nitrogen and oxygen atoms in total. The molecule has 1 aromatic carbocycles. The van der Waals surface area contributed by atoms with E-state index >= 15 is 0 Å². The molecule has 3 rings (SSSR count). The lowest BCUT2D eigenvalue weighted by molar-refractivity contribution is -0.136. The van der Waals surface area contributed by atoms with Gasteiger partial charge in [0.15, 0.2) is 0 Å². The molecule has 0 bridgehead atoms. The largest absolute Gasteiger partial charge is 0.492 e. The lowest BCUT2D eigenvalue weighted by Crippen LogP contribution is -2.54. The molecule has 1 saturated heterocycles. The molecule has 2 aliphatic heterocycles. The smallest absolute Gasteiger partial charge is 0.266 e. The number of hydrogen-bond donors (Lipinski definition) is 1. The van der Waals surface area contributed by atoms with E-state index < -0.39 is 29.7 Å². The summed E-state index contributed by atoms with van der Waals surface area (Å²) in [6, 6.07) is 3.85. The number of hydrogen-bond acceptors (Lipinski definition) is 6. The van der Waals surface area contributed by atoms with Gasteiger partial charge in [-0.25, -0.2) is 0 Å². The fraction of sp³-hybridized carbons (Fsp3) is 0.565. The van der Waals surface area contributed by atoms with Crippen molar-refractivity contribution in [1.29, 1.82) is 0 Å². The first kappa shape index (κ1) is 24.6. The maximum Gasteiger partial charge on any atom is 0.266 e. The number of nitrogens with one attached hydrogen (secondary N) is 1. The number of piperidine rings is 1. The van der Waals surface area contributed by atoms with Crippen LogP contribution in [0.4, 0.5) is 0 Å². The van der Waals surface area contributed by atoms with Crippen LogP contribution in [0.1, 0.15) is 61.3 Å². The first-order valence-electron chi connectivity index (χ1n) is 10.6. The molecular formula is C23H29IN2O6. The highest BCUT2D eigenvalue weighted by Crippen LogP contribution is 2.34. The highest BCUT2D eigenvalue weighted by Gasteiger charge is 2.46. The van der Waals surface area contributed by atoms with Crippen LogP contribution in [0, 0.1) is 10.8 Å². The molecule has 0 spiro atoms. The fourth-order valence-corrected chi connectivity index (χ4v) is 3.78. The summed E-state index contributed by atoms with van der Waals surface area (Å²) in [5, 5.41) is 2.20. The topological polar surface area (TPSA) is 102 Å². The zero-order valence-corrected chi connectivity index (χ0v) is 21.0. The van der Waals surface area contributed by atoms with Crippen LogP contribution in [0.5, 0.6) is 5.75 Å². The van der Waals surface area contributed by atoms with Crippen LogP contribution in [0.25, 0.3) is 0 Å². The third kappa shape index (κ3) is 5.31. The number of nitrogens with zero attached hydrogens (tertiary/aromatic N) is 1. The van der Waals surface area contributed by atoms with Gasteiger partial charge in [0.1, 0.15) is 11.8 Å². The van der Waals surface area contributed by atoms with Gasteiger partial charge in [-0.3, -0.25) is 29.4 Å². The number of carbonyl (C=O) groups excluding carboxylic acids is 4. The van der Waals surface area contributed by atoms with Gasteiger partial charge in [-0.2, -0.15) is 0 Å². The molecule has 0 radical (unpaired) electrons. The minimum Gasteiger partial charge on any atom is -0.492 e. The van der Waals surface area contributed by atoms with E-state index in [1.54, 1.807) is 18.2 Å². The number of ether oxygens (including phenoxy) is 2. The lowest BCUT2D eigenvalue weighted by atomic mass is 9.95. The van der Waals surface area contributed by atoms with Crippen molar-refractivity contribution >= 4 is 46.2 Å². The van der Waals surface area contributed by atoms with E-state index in [2.05, 4.69) is 41.8 Å². The summed E-state index contributed by atoms with van der Waals surface area (Å²) < 4.78 is 12.9. The fourth-order valence-electron chi connectivity index (χ4n) is 3.56. The second-order valence-corrected chi connectivity index (χ2v) is 10.6. The van der Waals surface area contributed by atoms with Gasteiger partial charge in [0.05, 0.1) is 30.9 Å². The van der Waals surface area contributed by atoms with Crippen molar-refractivity contribution in [2.24, 2.45) is 10.8 Å². The van der Waals surface area contributed by atoms with E-state index in [1.165, 1.54) is 0 Å². The van der Waals surface area contributed by atoms with Crippen molar-refractivity contribution in [2.45, 2.75) is 46.6 Å². The summed E-state index contributed by atoms with van der Waals surface area (Å²) in [7, 11) is 0. The molecule has 0 saturated carbocycles. The number of amides is 4. The summed E-state index contributed by atoms with van der Waals surface area (Å²) in [5.41, 5.74) is 0.128. The molecule has 2 aliphatic rings. The Bertz CT molecular complexity index is 942. The summed E-state index contributed by atoms with van der Waals surface area (Å²) in [6.07, 6.45) is 0.194. The van der Waals surface area contributed by atoms with Crippen LogP contribution in [-0.2, 0) is 14.3 Å². The van der Waals surface area contributed by atoms with Crippen molar-refractivity contribution in [3.8, 4) is 5.75 Å². The summed E-state index contributed by atoms with van der Waals surface area (Å²) in [4.78, 5) is 50.7. The average molecular weight is 556 g/mol. The second-order valence-electron chi connectivity index (χ2n) is 9.87. The first-order chi connectivity index (χ1) is 15.0. The van der Waals surface area contributed by atoms with Crippen molar-refractivity contribution in [1.82, 2.24) is 10.2 Å². The summed E-state index contributed by atoms with van der Waals surface area (Å²) in [5.74, 6) is -1.86. The van der Waals surface area contributed by atoms with Gasteiger partial charge in [0.25, 0.3) is 11.8 Å². The molecule has 174 valence electrons. The van der Waals surface area contributed by atoms with Crippen LogP contribution in [0.3, 0.4) is 0 Å². The first-order valence-corrected chi connectivity index (χ1v) is 12.1. The molecule has 1 unspecified atom stereocenters. The minimum absolute atomic E-state index is 0.0791. The molecule has 32 heavy (non-hydrogen) atoms. The van der Waals surface area contributed by atoms with E-state index in [-0.39, 0.29) is 41.4 Å². The Balaban J connectivity index is 1.71. The molecular weight excluding hydrogens is 527 g/mol. The van der Waals surface area contributed by atoms with Gasteiger partial charge in [0.2, 0.25) is 11.8 Å². The molecule has 1 atom stereocenters. The standard InChI is InChI=1S/C23H29IN2O6/c1-22(2,10-24)11-31-12-23(3,4)13-32-16-7-5-6-14-18(16)21(30)26(20(14)29)15-8-9-17(27)25-19(15)28/h5-7,15H,8-13H2,1-4H3,(H,25,27,28). The van der Waals surface area contributed by atoms with Gasteiger partial charge in [-0.1, -0.05) is 56.4 Å². The highest BCUT2D eigenvalue weighted by molar-refractivity contribution is 14.1.